The van der Waals surface area contributed by atoms with Gasteiger partial charge in [-0.05, 0) is 44.4 Å². The quantitative estimate of drug-likeness (QED) is 0.0122. The van der Waals surface area contributed by atoms with E-state index < -0.39 is 146 Å². The minimum atomic E-state index is -1.92. The first kappa shape index (κ1) is 75.9. The third-order valence-corrected chi connectivity index (χ3v) is 17.5. The summed E-state index contributed by atoms with van der Waals surface area (Å²) in [7, 11) is 3.69. The molecule has 0 N–H and O–H groups in total. The number of nitrogens with zero attached hydrogens (tertiary/aromatic N) is 6. The van der Waals surface area contributed by atoms with Crippen molar-refractivity contribution in [3.05, 3.63) is 236 Å². The number of ether oxygens (including phenoxy) is 18. The fraction of sp³-hybridized carbons (Fsp3) is 0.459. The Labute approximate surface area is 590 Å². The zero-order valence-electron chi connectivity index (χ0n) is 57.2. The Hall–Kier alpha value is -8.74. The molecule has 4 heterocycles. The van der Waals surface area contributed by atoms with E-state index in [9.17, 15) is 30.2 Å². The molecule has 10 rings (SSSR count). The van der Waals surface area contributed by atoms with E-state index in [4.69, 9.17) is 85.3 Å². The highest BCUT2D eigenvalue weighted by molar-refractivity contribution is 5.76. The molecular weight excluding hydrogens is 1320 g/mol. The van der Waals surface area contributed by atoms with Gasteiger partial charge < -0.3 is 85.3 Å². The van der Waals surface area contributed by atoms with E-state index in [-0.39, 0.29) is 52.9 Å². The van der Waals surface area contributed by atoms with Crippen LogP contribution in [0.2, 0.25) is 0 Å². The van der Waals surface area contributed by atoms with Crippen LogP contribution in [0.4, 0.5) is 0 Å². The van der Waals surface area contributed by atoms with Crippen LogP contribution >= 0.6 is 0 Å². The predicted molar refractivity (Wildman–Crippen MR) is 359 cm³/mol. The van der Waals surface area contributed by atoms with Gasteiger partial charge in [0.15, 0.2) is 49.6 Å². The van der Waals surface area contributed by atoms with E-state index in [1.165, 1.54) is 21.1 Å². The summed E-state index contributed by atoms with van der Waals surface area (Å²) in [5.41, 5.74) is 25.3. The molecule has 20 atom stereocenters. The van der Waals surface area contributed by atoms with Crippen LogP contribution in [0.5, 0.6) is 0 Å². The van der Waals surface area contributed by atoms with Crippen molar-refractivity contribution in [1.29, 1.82) is 0 Å². The molecule has 0 amide bonds. The van der Waals surface area contributed by atoms with E-state index in [2.05, 4.69) is 20.1 Å². The molecule has 0 saturated carbocycles. The van der Waals surface area contributed by atoms with Gasteiger partial charge in [-0.15, -0.1) is 0 Å². The Morgan fingerprint density at radius 3 is 1.08 bits per heavy atom. The molecular formula is C74H84N6O22. The number of carbonyl (C=O) groups excluding carboxylic acids is 4. The highest BCUT2D eigenvalue weighted by Crippen LogP contribution is 2.41. The fourth-order valence-corrected chi connectivity index (χ4v) is 12.6. The van der Waals surface area contributed by atoms with E-state index in [1.54, 1.807) is 61.5 Å². The van der Waals surface area contributed by atoms with Gasteiger partial charge in [0.1, 0.15) is 67.0 Å². The molecule has 542 valence electrons. The molecule has 8 unspecified atom stereocenters. The lowest BCUT2D eigenvalue weighted by Crippen LogP contribution is -2.68. The molecule has 0 aliphatic carbocycles. The van der Waals surface area contributed by atoms with Gasteiger partial charge in [0.25, 0.3) is 0 Å². The number of hydrogen-bond acceptors (Lipinski definition) is 24. The lowest BCUT2D eigenvalue weighted by molar-refractivity contribution is -0.376. The smallest absolute Gasteiger partial charge is 0.337 e. The van der Waals surface area contributed by atoms with Crippen LogP contribution in [-0.4, -0.2) is 175 Å². The zero-order valence-corrected chi connectivity index (χ0v) is 57.2. The Kier molecular flexibility index (Phi) is 28.7. The van der Waals surface area contributed by atoms with Crippen molar-refractivity contribution in [1.82, 2.24) is 0 Å². The van der Waals surface area contributed by atoms with E-state index in [1.807, 2.05) is 127 Å². The van der Waals surface area contributed by atoms with Crippen LogP contribution in [-0.2, 0) is 144 Å². The molecule has 4 fully saturated rings. The molecule has 4 aliphatic heterocycles. The molecule has 0 aromatic heterocycles. The molecule has 28 heteroatoms. The molecule has 0 spiro atoms. The summed E-state index contributed by atoms with van der Waals surface area (Å²) in [5.74, 6) is -4.29. The number of benzene rings is 6. The summed E-state index contributed by atoms with van der Waals surface area (Å²) in [5, 5.41) is 8.43. The van der Waals surface area contributed by atoms with Crippen LogP contribution in [0.15, 0.2) is 192 Å². The van der Waals surface area contributed by atoms with Crippen molar-refractivity contribution in [2.45, 2.75) is 177 Å². The second kappa shape index (κ2) is 38.5. The van der Waals surface area contributed by atoms with Crippen molar-refractivity contribution in [3.8, 4) is 0 Å². The van der Waals surface area contributed by atoms with Gasteiger partial charge in [-0.3, -0.25) is 9.59 Å². The number of hydrogen-bond donors (Lipinski definition) is 0. The normalized spacial score (nSPS) is 29.2. The molecule has 6 aromatic rings. The highest BCUT2D eigenvalue weighted by atomic mass is 16.8. The Morgan fingerprint density at radius 2 is 0.706 bits per heavy atom. The summed E-state index contributed by atoms with van der Waals surface area (Å²) in [6, 6.07) is 52.0. The topological polar surface area (TPSA) is 332 Å². The van der Waals surface area contributed by atoms with Crippen molar-refractivity contribution < 1.29 is 104 Å². The first-order chi connectivity index (χ1) is 49.8. The lowest BCUT2D eigenvalue weighted by Gasteiger charge is -2.51. The minimum absolute atomic E-state index is 0.00619. The third kappa shape index (κ3) is 20.3. The molecule has 6 aromatic carbocycles. The molecule has 28 nitrogen and oxygen atoms in total. The number of carbonyl (C=O) groups is 4. The van der Waals surface area contributed by atoms with Crippen molar-refractivity contribution >= 4 is 23.9 Å². The van der Waals surface area contributed by atoms with Crippen LogP contribution in [0.1, 0.15) is 54.2 Å². The van der Waals surface area contributed by atoms with Crippen LogP contribution < -0.4 is 0 Å². The minimum Gasteiger partial charge on any atom is -0.467 e. The van der Waals surface area contributed by atoms with Gasteiger partial charge in [-0.25, -0.2) is 9.59 Å². The first-order valence-corrected chi connectivity index (χ1v) is 33.3. The molecule has 102 heavy (non-hydrogen) atoms. The molecule has 0 radical (unpaired) electrons. The summed E-state index contributed by atoms with van der Waals surface area (Å²) in [4.78, 5) is 62.5. The molecule has 4 saturated heterocycles. The van der Waals surface area contributed by atoms with Gasteiger partial charge >= 0.3 is 23.9 Å². The second-order valence-corrected chi connectivity index (χ2v) is 24.5. The monoisotopic (exact) mass is 1410 g/mol. The largest absolute Gasteiger partial charge is 0.467 e. The summed E-state index contributed by atoms with van der Waals surface area (Å²) >= 11 is 0. The van der Waals surface area contributed by atoms with Gasteiger partial charge in [0.2, 0.25) is 0 Å². The maximum Gasteiger partial charge on any atom is 0.337 e. The summed E-state index contributed by atoms with van der Waals surface area (Å²) in [6.45, 7) is 3.18. The fourth-order valence-electron chi connectivity index (χ4n) is 12.6. The van der Waals surface area contributed by atoms with Crippen molar-refractivity contribution in [2.24, 2.45) is 16.1 Å². The average molecular weight is 1410 g/mol. The summed E-state index contributed by atoms with van der Waals surface area (Å²) < 4.78 is 117. The standard InChI is InChI=1S/C74H84N6O22/c1-45-58(90-39-50-29-17-9-18-30-50)67(94-46(2)81)73(98-59(45)69(83)85-4)99-61-55(44-89-38-49-27-15-8-16-28-49)97-72(57(78-80-76)63(61)92-41-52-33-21-11-22-34-52)101-65-64(93-42-53-35-23-12-24-36-53)68(95-47(3)82)74(102-66(65)70(84)86-5)100-60-54(43-88-37-48-25-13-7-14-26-48)96-71(87-6)56(77-79-75)62(60)91-40-51-31-19-10-20-32-51/h7-36,45,54-68,71-74H,37-44H2,1-6H3/t45-,54?,55?,56?,57?,58+,59?,60+,61+,62-,63-,64+,65-,66?,67?,68?,71-,72+,73-,74+/m0/s1. The Balaban J connectivity index is 1.07. The van der Waals surface area contributed by atoms with Crippen molar-refractivity contribution in [3.63, 3.8) is 0 Å². The van der Waals surface area contributed by atoms with Crippen LogP contribution in [0.3, 0.4) is 0 Å². The molecule has 0 bridgehead atoms. The van der Waals surface area contributed by atoms with Gasteiger partial charge in [0.05, 0.1) is 67.1 Å². The maximum absolute atomic E-state index is 14.9. The summed E-state index contributed by atoms with van der Waals surface area (Å²) in [6.07, 6.45) is -25.6. The first-order valence-electron chi connectivity index (χ1n) is 33.3. The zero-order chi connectivity index (χ0) is 71.7. The number of esters is 4. The third-order valence-electron chi connectivity index (χ3n) is 17.5. The average Bonchev–Trinajstić information content (AvgIpc) is 0.752. The SMILES string of the molecule is COC(=O)C1O[C@@H](O[C@@H]2C(COCc3ccccc3)O[C@H](O[C@@H]3C(C(=O)OC)O[C@@H](O[C@@H]4C(COCc5ccccc5)O[C@H](OC)C(N=[N+]=[N-])[C@@H]4OCc4ccccc4)C(OC(C)=O)[C@@H]3OCc3ccccc3)C(N=[N+]=[N-])[C@@H]2OCc2ccccc2)C(OC(C)=O)[C@H](OCc2ccccc2)[C@@H]1C. The van der Waals surface area contributed by atoms with E-state index >= 15 is 0 Å². The van der Waals surface area contributed by atoms with Gasteiger partial charge in [0, 0.05) is 36.7 Å². The maximum atomic E-state index is 14.9. The molecule has 4 aliphatic rings. The van der Waals surface area contributed by atoms with Crippen molar-refractivity contribution in [2.75, 3.05) is 34.5 Å². The number of rotatable bonds is 33. The van der Waals surface area contributed by atoms with Gasteiger partial charge in [-0.1, -0.05) is 199 Å². The van der Waals surface area contributed by atoms with E-state index in [0.717, 1.165) is 36.3 Å². The predicted octanol–water partition coefficient (Wildman–Crippen LogP) is 9.67. The lowest BCUT2D eigenvalue weighted by atomic mass is 9.89. The highest BCUT2D eigenvalue weighted by Gasteiger charge is 2.60. The van der Waals surface area contributed by atoms with Crippen LogP contribution in [0.25, 0.3) is 20.9 Å². The number of azide groups is 2. The second-order valence-electron chi connectivity index (χ2n) is 24.5. The van der Waals surface area contributed by atoms with Crippen LogP contribution in [0, 0.1) is 5.92 Å². The number of methoxy groups -OCH3 is 3. The Bertz CT molecular complexity index is 3670. The van der Waals surface area contributed by atoms with E-state index in [0.29, 0.717) is 11.1 Å². The van der Waals surface area contributed by atoms with Gasteiger partial charge in [-0.2, -0.15) is 0 Å². The Morgan fingerprint density at radius 1 is 0.382 bits per heavy atom.